The van der Waals surface area contributed by atoms with Crippen LogP contribution in [0.1, 0.15) is 22.3 Å². The van der Waals surface area contributed by atoms with Crippen LogP contribution >= 0.6 is 23.2 Å². The number of para-hydroxylation sites is 1. The molecule has 0 saturated heterocycles. The van der Waals surface area contributed by atoms with E-state index in [1.807, 2.05) is 78.9 Å². The Morgan fingerprint density at radius 1 is 0.677 bits per heavy atom. The van der Waals surface area contributed by atoms with Gasteiger partial charge in [-0.3, -0.25) is 0 Å². The van der Waals surface area contributed by atoms with Crippen LogP contribution in [-0.4, -0.2) is 11.0 Å². The lowest BCUT2D eigenvalue weighted by Crippen LogP contribution is -2.03. The van der Waals surface area contributed by atoms with Gasteiger partial charge in [-0.15, -0.1) is 0 Å². The van der Waals surface area contributed by atoms with Crippen LogP contribution in [0, 0.1) is 5.21 Å². The predicted octanol–water partition coefficient (Wildman–Crippen LogP) is 7.84. The summed E-state index contributed by atoms with van der Waals surface area (Å²) in [5.74, 6) is 0. The molecule has 0 amide bonds. The Kier molecular flexibility index (Phi) is 6.51. The van der Waals surface area contributed by atoms with Gasteiger partial charge in [-0.05, 0) is 41.0 Å². The molecule has 4 heteroatoms. The van der Waals surface area contributed by atoms with E-state index in [1.165, 1.54) is 6.21 Å². The minimum Gasteiger partial charge on any atom is -0.618 e. The summed E-state index contributed by atoms with van der Waals surface area (Å²) in [6, 6.07) is 32.8. The monoisotopic (exact) mass is 443 g/mol. The van der Waals surface area contributed by atoms with Crippen LogP contribution in [-0.2, 0) is 0 Å². The highest BCUT2D eigenvalue weighted by atomic mass is 35.5. The first-order chi connectivity index (χ1) is 15.1. The molecule has 0 aliphatic carbocycles. The molecule has 0 aromatic heterocycles. The summed E-state index contributed by atoms with van der Waals surface area (Å²) in [4.78, 5) is 0. The summed E-state index contributed by atoms with van der Waals surface area (Å²) < 4.78 is 0.824. The Labute approximate surface area is 191 Å². The summed E-state index contributed by atoms with van der Waals surface area (Å²) >= 11 is 12.5. The third kappa shape index (κ3) is 4.88. The Hall–Kier alpha value is -3.33. The van der Waals surface area contributed by atoms with Crippen LogP contribution in [0.5, 0.6) is 0 Å². The molecule has 0 bridgehead atoms. The van der Waals surface area contributed by atoms with E-state index in [2.05, 4.69) is 6.08 Å². The van der Waals surface area contributed by atoms with Crippen molar-refractivity contribution in [2.75, 3.05) is 0 Å². The molecule has 31 heavy (non-hydrogen) atoms. The van der Waals surface area contributed by atoms with E-state index in [9.17, 15) is 5.21 Å². The topological polar surface area (TPSA) is 26.1 Å². The average molecular weight is 444 g/mol. The second-order valence-corrected chi connectivity index (χ2v) is 7.76. The molecule has 0 aliphatic heterocycles. The second-order valence-electron chi connectivity index (χ2n) is 6.94. The van der Waals surface area contributed by atoms with Crippen molar-refractivity contribution in [3.63, 3.8) is 0 Å². The fraction of sp³-hybridized carbons (Fsp3) is 0. The van der Waals surface area contributed by atoms with Gasteiger partial charge in [0.1, 0.15) is 0 Å². The highest BCUT2D eigenvalue weighted by Crippen LogP contribution is 2.33. The molecule has 0 spiro atoms. The molecule has 0 unspecified atom stereocenters. The quantitative estimate of drug-likeness (QED) is 0.101. The zero-order valence-electron chi connectivity index (χ0n) is 16.6. The van der Waals surface area contributed by atoms with Crippen molar-refractivity contribution in [3.05, 3.63) is 141 Å². The van der Waals surface area contributed by atoms with E-state index in [1.54, 1.807) is 24.3 Å². The third-order valence-electron chi connectivity index (χ3n) is 4.87. The lowest BCUT2D eigenvalue weighted by atomic mass is 9.94. The number of hydrogen-bond acceptors (Lipinski definition) is 1. The van der Waals surface area contributed by atoms with Gasteiger partial charge in [0.2, 0.25) is 5.69 Å². The maximum Gasteiger partial charge on any atom is 0.224 e. The molecular weight excluding hydrogens is 425 g/mol. The fourth-order valence-electron chi connectivity index (χ4n) is 3.36. The van der Waals surface area contributed by atoms with Crippen LogP contribution in [0.3, 0.4) is 0 Å². The normalized spacial score (nSPS) is 12.1. The first-order valence-electron chi connectivity index (χ1n) is 9.80. The van der Waals surface area contributed by atoms with Gasteiger partial charge in [0.05, 0.1) is 21.2 Å². The van der Waals surface area contributed by atoms with Gasteiger partial charge in [0.15, 0.2) is 6.21 Å². The molecular formula is C27H19Cl2NO. The van der Waals surface area contributed by atoms with E-state index in [4.69, 9.17) is 23.2 Å². The van der Waals surface area contributed by atoms with Crippen LogP contribution in [0.15, 0.2) is 103 Å². The van der Waals surface area contributed by atoms with Crippen molar-refractivity contribution in [2.45, 2.75) is 0 Å². The Bertz CT molecular complexity index is 1230. The second kappa shape index (κ2) is 9.65. The third-order valence-corrected chi connectivity index (χ3v) is 5.53. The van der Waals surface area contributed by atoms with Crippen molar-refractivity contribution in [3.8, 4) is 0 Å². The van der Waals surface area contributed by atoms with Gasteiger partial charge in [-0.2, -0.15) is 4.74 Å². The highest BCUT2D eigenvalue weighted by molar-refractivity contribution is 6.38. The molecule has 0 fully saturated rings. The first kappa shape index (κ1) is 20.9. The lowest BCUT2D eigenvalue weighted by Gasteiger charge is -2.13. The van der Waals surface area contributed by atoms with E-state index in [0.29, 0.717) is 21.3 Å². The number of nitrogens with zero attached hydrogens (tertiary/aromatic N) is 1. The molecule has 0 heterocycles. The number of hydrogen-bond donors (Lipinski definition) is 0. The van der Waals surface area contributed by atoms with E-state index >= 15 is 0 Å². The zero-order chi connectivity index (χ0) is 21.6. The summed E-state index contributed by atoms with van der Waals surface area (Å²) in [7, 11) is 0. The van der Waals surface area contributed by atoms with Crippen LogP contribution in [0.4, 0.5) is 5.69 Å². The number of benzene rings is 4. The zero-order valence-corrected chi connectivity index (χ0v) is 18.1. The fourth-order valence-corrected chi connectivity index (χ4v) is 3.86. The molecule has 0 atom stereocenters. The van der Waals surface area contributed by atoms with Crippen molar-refractivity contribution in [1.82, 2.24) is 0 Å². The standard InChI is InChI=1S/C27H19Cl2NO/c28-25-15-9-16-26(29)24(25)19-30(31)27-17-8-7-14-22(27)23(21-12-5-2-6-13-21)18-20-10-3-1-4-11-20/h1-19H/b23-18+,30-19-. The van der Waals surface area contributed by atoms with Gasteiger partial charge in [-0.1, -0.05) is 102 Å². The lowest BCUT2D eigenvalue weighted by molar-refractivity contribution is -0.354. The Balaban J connectivity index is 1.89. The highest BCUT2D eigenvalue weighted by Gasteiger charge is 2.17. The van der Waals surface area contributed by atoms with Gasteiger partial charge < -0.3 is 5.21 Å². The molecule has 0 radical (unpaired) electrons. The number of halogens is 2. The molecule has 152 valence electrons. The molecule has 0 aliphatic rings. The first-order valence-corrected chi connectivity index (χ1v) is 10.6. The van der Waals surface area contributed by atoms with Crippen LogP contribution in [0.2, 0.25) is 10.0 Å². The summed E-state index contributed by atoms with van der Waals surface area (Å²) in [5, 5.41) is 14.1. The maximum atomic E-state index is 13.2. The molecule has 4 rings (SSSR count). The Morgan fingerprint density at radius 2 is 1.26 bits per heavy atom. The summed E-state index contributed by atoms with van der Waals surface area (Å²) in [6.45, 7) is 0. The minimum absolute atomic E-state index is 0.425. The molecule has 0 saturated carbocycles. The van der Waals surface area contributed by atoms with Gasteiger partial charge in [-0.25, -0.2) is 0 Å². The molecule has 4 aromatic carbocycles. The smallest absolute Gasteiger partial charge is 0.224 e. The van der Waals surface area contributed by atoms with Crippen LogP contribution < -0.4 is 0 Å². The van der Waals surface area contributed by atoms with Crippen molar-refractivity contribution in [2.24, 2.45) is 0 Å². The van der Waals surface area contributed by atoms with E-state index < -0.39 is 0 Å². The molecule has 2 nitrogen and oxygen atoms in total. The molecule has 4 aromatic rings. The summed E-state index contributed by atoms with van der Waals surface area (Å²) in [5.41, 5.74) is 4.82. The SMILES string of the molecule is [O-]/[N+](=C\c1c(Cl)cccc1Cl)c1ccccc1/C(=C/c1ccccc1)c1ccccc1. The van der Waals surface area contributed by atoms with Gasteiger partial charge in [0, 0.05) is 6.07 Å². The van der Waals surface area contributed by atoms with Crippen LogP contribution in [0.25, 0.3) is 11.6 Å². The largest absolute Gasteiger partial charge is 0.618 e. The minimum atomic E-state index is 0.425. The summed E-state index contributed by atoms with van der Waals surface area (Å²) in [6.07, 6.45) is 3.51. The average Bonchev–Trinajstić information content (AvgIpc) is 2.81. The van der Waals surface area contributed by atoms with E-state index in [0.717, 1.165) is 27.0 Å². The number of rotatable bonds is 5. The maximum absolute atomic E-state index is 13.2. The predicted molar refractivity (Wildman–Crippen MR) is 131 cm³/mol. The molecule has 0 N–H and O–H groups in total. The van der Waals surface area contributed by atoms with Gasteiger partial charge in [0.25, 0.3) is 0 Å². The van der Waals surface area contributed by atoms with Crippen molar-refractivity contribution >= 4 is 46.8 Å². The van der Waals surface area contributed by atoms with Crippen molar-refractivity contribution in [1.29, 1.82) is 0 Å². The Morgan fingerprint density at radius 3 is 1.94 bits per heavy atom. The van der Waals surface area contributed by atoms with E-state index in [-0.39, 0.29) is 0 Å². The van der Waals surface area contributed by atoms with Gasteiger partial charge >= 0.3 is 0 Å². The van der Waals surface area contributed by atoms with Crippen molar-refractivity contribution < 1.29 is 4.74 Å².